The molecule has 0 atom stereocenters. The maximum atomic E-state index is 13.3. The summed E-state index contributed by atoms with van der Waals surface area (Å²) in [5.74, 6) is -0.0944. The Morgan fingerprint density at radius 3 is 2.91 bits per heavy atom. The van der Waals surface area contributed by atoms with Gasteiger partial charge in [-0.05, 0) is 51.9 Å². The van der Waals surface area contributed by atoms with Gasteiger partial charge in [0.25, 0.3) is 5.91 Å². The molecule has 1 aliphatic rings. The minimum absolute atomic E-state index is 0.0944. The van der Waals surface area contributed by atoms with Crippen LogP contribution in [0.1, 0.15) is 21.6 Å². The Hall–Kier alpha value is -4.30. The van der Waals surface area contributed by atoms with Crippen LogP contribution in [-0.2, 0) is 6.54 Å². The number of fused-ring (bicyclic) bond motifs is 2. The van der Waals surface area contributed by atoms with Gasteiger partial charge >= 0.3 is 0 Å². The largest absolute Gasteiger partial charge is 0.398 e. The van der Waals surface area contributed by atoms with Crippen LogP contribution in [-0.4, -0.2) is 37.5 Å². The lowest BCUT2D eigenvalue weighted by Gasteiger charge is -2.17. The minimum Gasteiger partial charge on any atom is -0.398 e. The van der Waals surface area contributed by atoms with E-state index in [9.17, 15) is 4.79 Å². The van der Waals surface area contributed by atoms with Crippen molar-refractivity contribution < 1.29 is 4.79 Å². The third kappa shape index (κ3) is 3.27. The summed E-state index contributed by atoms with van der Waals surface area (Å²) in [4.78, 5) is 24.6. The van der Waals surface area contributed by atoms with E-state index in [-0.39, 0.29) is 5.91 Å². The Bertz CT molecular complexity index is 1560. The van der Waals surface area contributed by atoms with Gasteiger partial charge in [0.2, 0.25) is 0 Å². The second-order valence-corrected chi connectivity index (χ2v) is 9.17. The number of nitrogens with two attached hydrogens (primary N) is 1. The van der Waals surface area contributed by atoms with Crippen molar-refractivity contribution in [2.75, 3.05) is 12.3 Å². The lowest BCUT2D eigenvalue weighted by molar-refractivity contribution is 0.0800. The molecule has 0 saturated carbocycles. The van der Waals surface area contributed by atoms with E-state index in [1.54, 1.807) is 34.8 Å². The summed E-state index contributed by atoms with van der Waals surface area (Å²) in [7, 11) is 0. The van der Waals surface area contributed by atoms with Gasteiger partial charge in [0, 0.05) is 36.6 Å². The zero-order valence-corrected chi connectivity index (χ0v) is 19.0. The number of nitrogen functional groups attached to an aromatic ring is 1. The van der Waals surface area contributed by atoms with E-state index < -0.39 is 0 Å². The second-order valence-electron chi connectivity index (χ2n) is 8.22. The van der Waals surface area contributed by atoms with Gasteiger partial charge in [-0.15, -0.1) is 11.3 Å². The molecular formula is C26H20N6OS. The highest BCUT2D eigenvalue weighted by Crippen LogP contribution is 2.39. The topological polar surface area (TPSA) is 101 Å². The van der Waals surface area contributed by atoms with E-state index in [1.807, 2.05) is 29.6 Å². The maximum Gasteiger partial charge on any atom is 0.256 e. The Morgan fingerprint density at radius 2 is 2.12 bits per heavy atom. The number of benzene rings is 2. The smallest absolute Gasteiger partial charge is 0.256 e. The summed E-state index contributed by atoms with van der Waals surface area (Å²) in [6.07, 6.45) is 4.88. The molecule has 5 aromatic rings. The van der Waals surface area contributed by atoms with Crippen molar-refractivity contribution in [2.24, 2.45) is 0 Å². The average molecular weight is 465 g/mol. The number of rotatable bonds is 5. The highest BCUT2D eigenvalue weighted by Gasteiger charge is 2.32. The summed E-state index contributed by atoms with van der Waals surface area (Å²) >= 11 is 1.66. The van der Waals surface area contributed by atoms with Crippen molar-refractivity contribution in [3.63, 3.8) is 0 Å². The summed E-state index contributed by atoms with van der Waals surface area (Å²) in [6, 6.07) is 14.1. The van der Waals surface area contributed by atoms with Crippen LogP contribution >= 0.6 is 11.3 Å². The third-order valence-corrected chi connectivity index (χ3v) is 7.01. The van der Waals surface area contributed by atoms with Gasteiger partial charge in [-0.2, -0.15) is 5.10 Å². The standard InChI is InChI=1S/C26H20N6OS/c1-15(22-12-28-8-9-29-22)13-32-14-19-17(5-6-20(27)24(19)26(32)33)16-4-7-21-18(11-16)25(31-30-21)23-3-2-10-34-23/h2-12H,1,13-14,27H2,(H,30,31). The van der Waals surface area contributed by atoms with Crippen molar-refractivity contribution in [3.05, 3.63) is 89.8 Å². The summed E-state index contributed by atoms with van der Waals surface area (Å²) in [5, 5.41) is 10.7. The quantitative estimate of drug-likeness (QED) is 0.357. The number of amides is 1. The number of nitrogens with one attached hydrogen (secondary N) is 1. The Labute approximate surface area is 199 Å². The SMILES string of the molecule is C=C(CN1Cc2c(-c3ccc4[nH]nc(-c5cccs5)c4c3)ccc(N)c2C1=O)c1cnccn1. The first-order valence-electron chi connectivity index (χ1n) is 10.8. The van der Waals surface area contributed by atoms with Crippen LogP contribution in [0.4, 0.5) is 5.69 Å². The fourth-order valence-corrected chi connectivity index (χ4v) is 5.21. The molecule has 0 radical (unpaired) electrons. The number of hydrogen-bond acceptors (Lipinski definition) is 6. The van der Waals surface area contributed by atoms with Crippen LogP contribution in [0.15, 0.2) is 73.0 Å². The van der Waals surface area contributed by atoms with Crippen molar-refractivity contribution in [3.8, 4) is 21.7 Å². The van der Waals surface area contributed by atoms with Crippen molar-refractivity contribution in [2.45, 2.75) is 6.54 Å². The van der Waals surface area contributed by atoms with E-state index in [0.29, 0.717) is 30.0 Å². The van der Waals surface area contributed by atoms with E-state index in [1.165, 1.54) is 0 Å². The number of nitrogens with zero attached hydrogens (tertiary/aromatic N) is 4. The fraction of sp³-hybridized carbons (Fsp3) is 0.0769. The summed E-state index contributed by atoms with van der Waals surface area (Å²) in [5.41, 5.74) is 13.6. The van der Waals surface area contributed by atoms with Crippen molar-refractivity contribution >= 4 is 39.4 Å². The number of aromatic nitrogens is 4. The first-order chi connectivity index (χ1) is 16.6. The van der Waals surface area contributed by atoms with Gasteiger partial charge in [0.1, 0.15) is 5.69 Å². The van der Waals surface area contributed by atoms with Crippen LogP contribution in [0, 0.1) is 0 Å². The molecule has 7 nitrogen and oxygen atoms in total. The molecule has 0 unspecified atom stereocenters. The molecule has 0 spiro atoms. The number of thiophene rings is 1. The molecule has 3 N–H and O–H groups in total. The molecule has 0 saturated heterocycles. The van der Waals surface area contributed by atoms with Gasteiger partial charge in [0.15, 0.2) is 0 Å². The Balaban J connectivity index is 1.39. The monoisotopic (exact) mass is 464 g/mol. The molecular weight excluding hydrogens is 444 g/mol. The number of anilines is 1. The van der Waals surface area contributed by atoms with Crippen LogP contribution in [0.25, 0.3) is 38.2 Å². The summed E-state index contributed by atoms with van der Waals surface area (Å²) < 4.78 is 0. The molecule has 4 heterocycles. The summed E-state index contributed by atoms with van der Waals surface area (Å²) in [6.45, 7) is 4.92. The van der Waals surface area contributed by atoms with E-state index in [2.05, 4.69) is 44.9 Å². The number of aromatic amines is 1. The lowest BCUT2D eigenvalue weighted by Crippen LogP contribution is -2.26. The van der Waals surface area contributed by atoms with Crippen molar-refractivity contribution in [1.29, 1.82) is 0 Å². The molecule has 6 rings (SSSR count). The van der Waals surface area contributed by atoms with Gasteiger partial charge in [-0.1, -0.05) is 24.8 Å². The first-order valence-corrected chi connectivity index (χ1v) is 11.7. The zero-order valence-electron chi connectivity index (χ0n) is 18.2. The molecule has 3 aromatic heterocycles. The molecule has 0 aliphatic carbocycles. The molecule has 2 aromatic carbocycles. The normalized spacial score (nSPS) is 12.9. The fourth-order valence-electron chi connectivity index (χ4n) is 4.48. The minimum atomic E-state index is -0.0944. The van der Waals surface area contributed by atoms with Gasteiger partial charge in [-0.25, -0.2) is 0 Å². The molecule has 1 amide bonds. The van der Waals surface area contributed by atoms with Gasteiger partial charge < -0.3 is 10.6 Å². The molecule has 34 heavy (non-hydrogen) atoms. The predicted octanol–water partition coefficient (Wildman–Crippen LogP) is 5.00. The van der Waals surface area contributed by atoms with E-state index in [4.69, 9.17) is 5.73 Å². The molecule has 166 valence electrons. The average Bonchev–Trinajstić information content (AvgIpc) is 3.59. The van der Waals surface area contributed by atoms with Crippen LogP contribution < -0.4 is 5.73 Å². The third-order valence-electron chi connectivity index (χ3n) is 6.13. The van der Waals surface area contributed by atoms with Crippen LogP contribution in [0.2, 0.25) is 0 Å². The molecule has 1 aliphatic heterocycles. The van der Waals surface area contributed by atoms with Crippen LogP contribution in [0.5, 0.6) is 0 Å². The number of carbonyl (C=O) groups excluding carboxylic acids is 1. The molecule has 8 heteroatoms. The molecule has 0 bridgehead atoms. The Kier molecular flexibility index (Phi) is 4.74. The van der Waals surface area contributed by atoms with Gasteiger partial charge in [0.05, 0.1) is 27.8 Å². The van der Waals surface area contributed by atoms with Crippen molar-refractivity contribution in [1.82, 2.24) is 25.1 Å². The van der Waals surface area contributed by atoms with E-state index >= 15 is 0 Å². The number of carbonyl (C=O) groups is 1. The number of hydrogen-bond donors (Lipinski definition) is 2. The highest BCUT2D eigenvalue weighted by molar-refractivity contribution is 7.13. The predicted molar refractivity (Wildman–Crippen MR) is 135 cm³/mol. The highest BCUT2D eigenvalue weighted by atomic mass is 32.1. The first kappa shape index (κ1) is 20.3. The zero-order chi connectivity index (χ0) is 23.2. The molecule has 0 fully saturated rings. The van der Waals surface area contributed by atoms with E-state index in [0.717, 1.165) is 43.7 Å². The number of H-pyrrole nitrogens is 1. The maximum absolute atomic E-state index is 13.3. The van der Waals surface area contributed by atoms with Crippen LogP contribution in [0.3, 0.4) is 0 Å². The van der Waals surface area contributed by atoms with Gasteiger partial charge in [-0.3, -0.25) is 19.9 Å². The second kappa shape index (κ2) is 7.93. The Morgan fingerprint density at radius 1 is 1.21 bits per heavy atom. The lowest BCUT2D eigenvalue weighted by atomic mass is 9.94.